The third-order valence-electron chi connectivity index (χ3n) is 4.39. The molecule has 0 N–H and O–H groups in total. The van der Waals surface area contributed by atoms with Crippen molar-refractivity contribution in [3.05, 3.63) is 0 Å². The molecule has 2 aliphatic carbocycles. The van der Waals surface area contributed by atoms with Crippen molar-refractivity contribution in [2.24, 2.45) is 17.8 Å². The zero-order valence-corrected chi connectivity index (χ0v) is 6.75. The molecule has 0 aromatic rings. The Morgan fingerprint density at radius 1 is 1.30 bits per heavy atom. The van der Waals surface area contributed by atoms with Crippen molar-refractivity contribution in [1.29, 1.82) is 0 Å². The second-order valence-corrected chi connectivity index (χ2v) is 4.45. The van der Waals surface area contributed by atoms with Gasteiger partial charge in [0.2, 0.25) is 0 Å². The fraction of sp³-hybridized carbons (Fsp3) is 1.00. The van der Waals surface area contributed by atoms with Gasteiger partial charge in [0.1, 0.15) is 0 Å². The maximum Gasteiger partial charge on any atom is 0.0132 e. The Labute approximate surface area is 62.4 Å². The monoisotopic (exact) mass is 137 g/mol. The average molecular weight is 137 g/mol. The largest absolute Gasteiger partial charge is 0.300 e. The third kappa shape index (κ3) is 0.378. The first-order valence-electron chi connectivity index (χ1n) is 4.51. The molecule has 3 fully saturated rings. The highest BCUT2D eigenvalue weighted by atomic mass is 15.2. The molecule has 5 atom stereocenters. The Morgan fingerprint density at radius 3 is 2.60 bits per heavy atom. The molecule has 10 heavy (non-hydrogen) atoms. The molecule has 0 aromatic heterocycles. The molecule has 56 valence electrons. The predicted molar refractivity (Wildman–Crippen MR) is 40.7 cm³/mol. The van der Waals surface area contributed by atoms with E-state index in [2.05, 4.69) is 18.9 Å². The van der Waals surface area contributed by atoms with Gasteiger partial charge in [0.05, 0.1) is 0 Å². The predicted octanol–water partition coefficient (Wildman–Crippen LogP) is 1.34. The maximum atomic E-state index is 2.61. The Hall–Kier alpha value is -0.0400. The lowest BCUT2D eigenvalue weighted by atomic mass is 9.52. The molecule has 1 aliphatic heterocycles. The molecule has 0 spiro atoms. The summed E-state index contributed by atoms with van der Waals surface area (Å²) >= 11 is 0. The molecule has 1 saturated heterocycles. The van der Waals surface area contributed by atoms with Crippen molar-refractivity contribution in [1.82, 2.24) is 4.90 Å². The smallest absolute Gasteiger partial charge is 0.0132 e. The van der Waals surface area contributed by atoms with Crippen LogP contribution in [0, 0.1) is 17.8 Å². The van der Waals surface area contributed by atoms with Gasteiger partial charge in [-0.2, -0.15) is 0 Å². The molecule has 1 heteroatoms. The van der Waals surface area contributed by atoms with Crippen LogP contribution in [-0.4, -0.2) is 24.0 Å². The summed E-state index contributed by atoms with van der Waals surface area (Å²) in [7, 11) is 2.31. The Balaban J connectivity index is 1.94. The van der Waals surface area contributed by atoms with Crippen LogP contribution in [-0.2, 0) is 0 Å². The molecular formula is C9H15N. The van der Waals surface area contributed by atoms with Crippen molar-refractivity contribution in [2.45, 2.75) is 31.8 Å². The van der Waals surface area contributed by atoms with E-state index in [9.17, 15) is 0 Å². The van der Waals surface area contributed by atoms with Crippen LogP contribution in [0.25, 0.3) is 0 Å². The van der Waals surface area contributed by atoms with Crippen LogP contribution < -0.4 is 0 Å². The quantitative estimate of drug-likeness (QED) is 0.487. The van der Waals surface area contributed by atoms with E-state index >= 15 is 0 Å². The van der Waals surface area contributed by atoms with Crippen LogP contribution in [0.2, 0.25) is 0 Å². The van der Waals surface area contributed by atoms with Crippen molar-refractivity contribution in [2.75, 3.05) is 7.05 Å². The van der Waals surface area contributed by atoms with E-state index in [-0.39, 0.29) is 0 Å². The highest BCUT2D eigenvalue weighted by Crippen LogP contribution is 2.62. The summed E-state index contributed by atoms with van der Waals surface area (Å²) in [6.45, 7) is 2.40. The van der Waals surface area contributed by atoms with Gasteiger partial charge >= 0.3 is 0 Å². The molecule has 3 aliphatic rings. The summed E-state index contributed by atoms with van der Waals surface area (Å²) in [4.78, 5) is 2.61. The van der Waals surface area contributed by atoms with Gasteiger partial charge in [0, 0.05) is 12.1 Å². The van der Waals surface area contributed by atoms with Gasteiger partial charge in [0.15, 0.2) is 0 Å². The van der Waals surface area contributed by atoms with Gasteiger partial charge in [-0.15, -0.1) is 0 Å². The summed E-state index contributed by atoms with van der Waals surface area (Å²) < 4.78 is 0. The SMILES string of the molecule is CC1C2CC3CC(C32)N1C. The van der Waals surface area contributed by atoms with E-state index < -0.39 is 0 Å². The van der Waals surface area contributed by atoms with Crippen LogP contribution in [0.5, 0.6) is 0 Å². The molecule has 2 saturated carbocycles. The van der Waals surface area contributed by atoms with E-state index in [4.69, 9.17) is 0 Å². The van der Waals surface area contributed by atoms with Gasteiger partial charge in [0.25, 0.3) is 0 Å². The minimum absolute atomic E-state index is 0.897. The van der Waals surface area contributed by atoms with Gasteiger partial charge in [-0.1, -0.05) is 0 Å². The number of rotatable bonds is 0. The molecule has 0 amide bonds. The Kier molecular flexibility index (Phi) is 0.797. The van der Waals surface area contributed by atoms with Crippen molar-refractivity contribution in [3.63, 3.8) is 0 Å². The Morgan fingerprint density at radius 2 is 2.10 bits per heavy atom. The molecule has 0 radical (unpaired) electrons. The van der Waals surface area contributed by atoms with Crippen LogP contribution in [0.15, 0.2) is 0 Å². The minimum atomic E-state index is 0.897. The first kappa shape index (κ1) is 5.59. The number of hydrogen-bond donors (Lipinski definition) is 0. The lowest BCUT2D eigenvalue weighted by Crippen LogP contribution is -2.52. The summed E-state index contributed by atoms with van der Waals surface area (Å²) in [5.41, 5.74) is 0. The summed E-state index contributed by atoms with van der Waals surface area (Å²) in [5, 5.41) is 0. The van der Waals surface area contributed by atoms with Gasteiger partial charge in [-0.3, -0.25) is 0 Å². The van der Waals surface area contributed by atoms with Crippen LogP contribution in [0.4, 0.5) is 0 Å². The fourth-order valence-electron chi connectivity index (χ4n) is 3.50. The van der Waals surface area contributed by atoms with E-state index in [1.807, 2.05) is 0 Å². The lowest BCUT2D eigenvalue weighted by Gasteiger charge is -2.53. The number of hydrogen-bond acceptors (Lipinski definition) is 1. The number of likely N-dealkylation sites (tertiary alicyclic amines) is 1. The summed E-state index contributed by atoms with van der Waals surface area (Å²) in [6.07, 6.45) is 3.06. The van der Waals surface area contributed by atoms with Crippen LogP contribution >= 0.6 is 0 Å². The van der Waals surface area contributed by atoms with Crippen molar-refractivity contribution < 1.29 is 0 Å². The van der Waals surface area contributed by atoms with E-state index in [1.165, 1.54) is 6.42 Å². The van der Waals surface area contributed by atoms with Gasteiger partial charge in [-0.25, -0.2) is 0 Å². The molecule has 3 rings (SSSR count). The molecule has 0 aromatic carbocycles. The second-order valence-electron chi connectivity index (χ2n) is 4.45. The highest BCUT2D eigenvalue weighted by molar-refractivity contribution is 5.14. The van der Waals surface area contributed by atoms with Crippen LogP contribution in [0.3, 0.4) is 0 Å². The zero-order chi connectivity index (χ0) is 6.88. The van der Waals surface area contributed by atoms with E-state index in [1.54, 1.807) is 6.42 Å². The standard InChI is InChI=1S/C9H15N/c1-5-7-3-6-4-8(9(6)7)10(5)2/h5-9H,3-4H2,1-2H3. The molecule has 1 nitrogen and oxygen atoms in total. The van der Waals surface area contributed by atoms with E-state index in [0.29, 0.717) is 0 Å². The first-order valence-corrected chi connectivity index (χ1v) is 4.51. The third-order valence-corrected chi connectivity index (χ3v) is 4.39. The van der Waals surface area contributed by atoms with Crippen LogP contribution in [0.1, 0.15) is 19.8 Å². The minimum Gasteiger partial charge on any atom is -0.300 e. The normalized spacial score (nSPS) is 64.8. The van der Waals surface area contributed by atoms with Gasteiger partial charge in [-0.05, 0) is 44.6 Å². The Bertz CT molecular complexity index is 144. The highest BCUT2D eigenvalue weighted by Gasteiger charge is 2.62. The maximum absolute atomic E-state index is 2.61. The van der Waals surface area contributed by atoms with Crippen molar-refractivity contribution >= 4 is 0 Å². The molecule has 5 unspecified atom stereocenters. The average Bonchev–Trinajstić information content (AvgIpc) is 2.07. The fourth-order valence-corrected chi connectivity index (χ4v) is 3.50. The number of nitrogens with zero attached hydrogens (tertiary/aromatic N) is 1. The summed E-state index contributed by atoms with van der Waals surface area (Å²) in [5.74, 6) is 3.39. The molecular weight excluding hydrogens is 122 g/mol. The second kappa shape index (κ2) is 1.42. The first-order chi connectivity index (χ1) is 4.79. The molecule has 1 heterocycles. The lowest BCUT2D eigenvalue weighted by molar-refractivity contribution is -0.0208. The van der Waals surface area contributed by atoms with Crippen molar-refractivity contribution in [3.8, 4) is 0 Å². The topological polar surface area (TPSA) is 3.24 Å². The van der Waals surface area contributed by atoms with E-state index in [0.717, 1.165) is 29.8 Å². The molecule has 0 bridgehead atoms. The van der Waals surface area contributed by atoms with Gasteiger partial charge < -0.3 is 4.90 Å². The zero-order valence-electron chi connectivity index (χ0n) is 6.75. The summed E-state index contributed by atoms with van der Waals surface area (Å²) in [6, 6.07) is 1.90.